The molecular formula is C8H11F5N2O3S. The van der Waals surface area contributed by atoms with Gasteiger partial charge in [-0.2, -0.15) is 22.0 Å². The topological polar surface area (TPSA) is 66.0 Å². The maximum atomic E-state index is 11.4. The van der Waals surface area contributed by atoms with Crippen LogP contribution < -0.4 is 4.57 Å². The number of imidazole rings is 1. The Bertz CT molecular complexity index is 509. The molecule has 0 aromatic carbocycles. The Morgan fingerprint density at radius 1 is 1.26 bits per heavy atom. The van der Waals surface area contributed by atoms with Crippen LogP contribution in [0.3, 0.4) is 0 Å². The van der Waals surface area contributed by atoms with Gasteiger partial charge in [0.1, 0.15) is 12.4 Å². The number of aryl methyl sites for hydroxylation is 2. The van der Waals surface area contributed by atoms with E-state index in [1.165, 1.54) is 0 Å². The Kier molecular flexibility index (Phi) is 5.44. The molecular weight excluding hydrogens is 299 g/mol. The average molecular weight is 310 g/mol. The molecule has 0 unspecified atom stereocenters. The molecule has 112 valence electrons. The fourth-order valence-electron chi connectivity index (χ4n) is 0.831. The van der Waals surface area contributed by atoms with Crippen LogP contribution in [-0.4, -0.2) is 29.0 Å². The van der Waals surface area contributed by atoms with Gasteiger partial charge in [-0.15, -0.1) is 0 Å². The average Bonchev–Trinajstić information content (AvgIpc) is 2.62. The summed E-state index contributed by atoms with van der Waals surface area (Å²) in [5.74, 6) is 0. The van der Waals surface area contributed by atoms with Crippen molar-refractivity contribution in [1.82, 2.24) is 4.57 Å². The minimum atomic E-state index is -6.67. The monoisotopic (exact) mass is 310 g/mol. The second kappa shape index (κ2) is 5.82. The third-order valence-electron chi connectivity index (χ3n) is 1.83. The first-order valence-electron chi connectivity index (χ1n) is 4.74. The maximum Gasteiger partial charge on any atom is 0.468 e. The molecule has 0 bridgehead atoms. The van der Waals surface area contributed by atoms with E-state index in [9.17, 15) is 34.9 Å². The highest BCUT2D eigenvalue weighted by atomic mass is 32.2. The van der Waals surface area contributed by atoms with Gasteiger partial charge in [-0.25, -0.2) is 17.6 Å². The Labute approximate surface area is 106 Å². The summed E-state index contributed by atoms with van der Waals surface area (Å²) >= 11 is 0. The number of alkyl halides is 5. The Morgan fingerprint density at radius 3 is 1.84 bits per heavy atom. The van der Waals surface area contributed by atoms with Gasteiger partial charge in [-0.3, -0.25) is 0 Å². The van der Waals surface area contributed by atoms with E-state index in [-0.39, 0.29) is 0 Å². The van der Waals surface area contributed by atoms with Gasteiger partial charge >= 0.3 is 11.4 Å². The zero-order valence-electron chi connectivity index (χ0n) is 9.86. The third-order valence-corrected chi connectivity index (χ3v) is 2.69. The van der Waals surface area contributed by atoms with Crippen molar-refractivity contribution < 1.29 is 39.5 Å². The van der Waals surface area contributed by atoms with E-state index in [2.05, 4.69) is 24.0 Å². The van der Waals surface area contributed by atoms with Gasteiger partial charge in [0, 0.05) is 0 Å². The van der Waals surface area contributed by atoms with E-state index in [0.717, 1.165) is 6.54 Å². The van der Waals surface area contributed by atoms with Crippen LogP contribution in [0.1, 0.15) is 6.92 Å². The third kappa shape index (κ3) is 4.74. The highest BCUT2D eigenvalue weighted by Gasteiger charge is 2.63. The molecule has 0 saturated heterocycles. The predicted octanol–water partition coefficient (Wildman–Crippen LogP) is 1.02. The lowest BCUT2D eigenvalue weighted by atomic mass is 10.7. The lowest BCUT2D eigenvalue weighted by molar-refractivity contribution is -0.671. The van der Waals surface area contributed by atoms with Crippen LogP contribution in [0.5, 0.6) is 0 Å². The molecule has 0 N–H and O–H groups in total. The Hall–Kier alpha value is -1.23. The fraction of sp³-hybridized carbons (Fsp3) is 0.625. The molecule has 1 aromatic rings. The normalized spacial score (nSPS) is 12.8. The molecule has 0 aliphatic heterocycles. The van der Waals surface area contributed by atoms with Crippen molar-refractivity contribution in [3.05, 3.63) is 18.7 Å². The van der Waals surface area contributed by atoms with Crippen molar-refractivity contribution in [3.8, 4) is 0 Å². The van der Waals surface area contributed by atoms with Crippen LogP contribution in [0.2, 0.25) is 0 Å². The number of rotatable bonds is 2. The first-order valence-corrected chi connectivity index (χ1v) is 6.14. The van der Waals surface area contributed by atoms with Gasteiger partial charge in [0.15, 0.2) is 10.1 Å². The molecule has 0 aliphatic rings. The molecule has 5 nitrogen and oxygen atoms in total. The lowest BCUT2D eigenvalue weighted by Gasteiger charge is -2.21. The van der Waals surface area contributed by atoms with Gasteiger partial charge in [0.05, 0.1) is 13.6 Å². The Balaban J connectivity index is 0.000000356. The van der Waals surface area contributed by atoms with Crippen molar-refractivity contribution in [1.29, 1.82) is 0 Å². The van der Waals surface area contributed by atoms with Crippen molar-refractivity contribution in [2.45, 2.75) is 24.9 Å². The van der Waals surface area contributed by atoms with Gasteiger partial charge in [0.2, 0.25) is 6.33 Å². The van der Waals surface area contributed by atoms with Crippen molar-refractivity contribution in [2.75, 3.05) is 0 Å². The first-order chi connectivity index (χ1) is 8.33. The second-order valence-electron chi connectivity index (χ2n) is 3.38. The van der Waals surface area contributed by atoms with E-state index in [1.54, 1.807) is 0 Å². The summed E-state index contributed by atoms with van der Waals surface area (Å²) in [7, 11) is -4.65. The van der Waals surface area contributed by atoms with Gasteiger partial charge in [0.25, 0.3) is 0 Å². The van der Waals surface area contributed by atoms with E-state index in [0.29, 0.717) is 0 Å². The van der Waals surface area contributed by atoms with Crippen molar-refractivity contribution in [3.63, 3.8) is 0 Å². The molecule has 0 amide bonds. The summed E-state index contributed by atoms with van der Waals surface area (Å²) in [4.78, 5) is 0. The molecule has 0 radical (unpaired) electrons. The van der Waals surface area contributed by atoms with Crippen LogP contribution in [0.15, 0.2) is 18.7 Å². The van der Waals surface area contributed by atoms with Crippen LogP contribution in [-0.2, 0) is 23.7 Å². The van der Waals surface area contributed by atoms with Gasteiger partial charge < -0.3 is 4.55 Å². The van der Waals surface area contributed by atoms with E-state index in [1.807, 2.05) is 17.8 Å². The van der Waals surface area contributed by atoms with Crippen LogP contribution >= 0.6 is 0 Å². The number of halogens is 5. The lowest BCUT2D eigenvalue weighted by Crippen LogP contribution is -2.43. The second-order valence-corrected chi connectivity index (χ2v) is 4.80. The SMILES string of the molecule is CCn1cc[n+](C)c1.O=S(=O)([O-])C(F)(F)C(F)(F)F. The first kappa shape index (κ1) is 17.8. The molecule has 0 spiro atoms. The van der Waals surface area contributed by atoms with Gasteiger partial charge in [-0.05, 0) is 6.92 Å². The van der Waals surface area contributed by atoms with Crippen molar-refractivity contribution >= 4 is 10.1 Å². The smallest absolute Gasteiger partial charge is 0.468 e. The molecule has 1 heterocycles. The number of nitrogens with zero attached hydrogens (tertiary/aromatic N) is 2. The molecule has 0 atom stereocenters. The van der Waals surface area contributed by atoms with Crippen LogP contribution in [0.25, 0.3) is 0 Å². The summed E-state index contributed by atoms with van der Waals surface area (Å²) in [6.45, 7) is 3.18. The number of aromatic nitrogens is 2. The molecule has 19 heavy (non-hydrogen) atoms. The zero-order chi connectivity index (χ0) is 15.5. The van der Waals surface area contributed by atoms with E-state index >= 15 is 0 Å². The summed E-state index contributed by atoms with van der Waals surface area (Å²) in [5, 5.41) is -6.21. The predicted molar refractivity (Wildman–Crippen MR) is 52.0 cm³/mol. The Morgan fingerprint density at radius 2 is 1.74 bits per heavy atom. The minimum Gasteiger partial charge on any atom is -0.743 e. The van der Waals surface area contributed by atoms with Crippen LogP contribution in [0, 0.1) is 0 Å². The highest BCUT2D eigenvalue weighted by Crippen LogP contribution is 2.38. The molecule has 0 saturated carbocycles. The molecule has 0 aliphatic carbocycles. The summed E-state index contributed by atoms with van der Waals surface area (Å²) < 4.78 is 87.8. The largest absolute Gasteiger partial charge is 0.743 e. The molecule has 0 fully saturated rings. The molecule has 11 heteroatoms. The fourth-order valence-corrected chi connectivity index (χ4v) is 1.11. The minimum absolute atomic E-state index is 1.06. The van der Waals surface area contributed by atoms with Gasteiger partial charge in [-0.1, -0.05) is 0 Å². The summed E-state index contributed by atoms with van der Waals surface area (Å²) in [6, 6.07) is 0. The van der Waals surface area contributed by atoms with Crippen LogP contribution in [0.4, 0.5) is 22.0 Å². The summed E-state index contributed by atoms with van der Waals surface area (Å²) in [6.07, 6.45) is -0.211. The zero-order valence-corrected chi connectivity index (χ0v) is 10.7. The summed E-state index contributed by atoms with van der Waals surface area (Å²) in [5.41, 5.74) is 0. The standard InChI is InChI=1S/C6H11N2.C2HF5O3S/c1-3-8-5-4-7(2)6-8;3-1(4,5)2(6,7)11(8,9)10/h4-6H,3H2,1-2H3;(H,8,9,10)/q+1;/p-1. The number of hydrogen-bond donors (Lipinski definition) is 0. The maximum absolute atomic E-state index is 11.4. The highest BCUT2D eigenvalue weighted by molar-refractivity contribution is 7.86. The quantitative estimate of drug-likeness (QED) is 0.465. The van der Waals surface area contributed by atoms with E-state index in [4.69, 9.17) is 0 Å². The van der Waals surface area contributed by atoms with Crippen molar-refractivity contribution in [2.24, 2.45) is 7.05 Å². The molecule has 1 rings (SSSR count). The number of hydrogen-bond acceptors (Lipinski definition) is 3. The molecule has 1 aromatic heterocycles. The van der Waals surface area contributed by atoms with E-state index < -0.39 is 21.5 Å².